The number of nitrogens with one attached hydrogen (secondary N) is 1. The van der Waals surface area contributed by atoms with Crippen LogP contribution in [0.3, 0.4) is 0 Å². The first-order valence-electron chi connectivity index (χ1n) is 9.25. The maximum Gasteiger partial charge on any atom is 0.352 e. The predicted molar refractivity (Wildman–Crippen MR) is 115 cm³/mol. The minimum Gasteiger partial charge on any atom is -0.477 e. The number of aromatic nitrogens is 8. The molecule has 33 heavy (non-hydrogen) atoms. The number of fused-ring (bicyclic) bond motifs is 1. The molecular weight excluding hydrogens is 496 g/mol. The number of carboxylic acid groups (broad SMARTS) is 1. The number of β-lactam (4-membered cyclic amide) rings is 1. The molecular formula is C15H18N10O5S3. The Morgan fingerprint density at radius 3 is 2.39 bits per heavy atom. The Kier molecular flexibility index (Phi) is 6.59. The Morgan fingerprint density at radius 1 is 1.21 bits per heavy atom. The molecule has 1 saturated heterocycles. The lowest BCUT2D eigenvalue weighted by Gasteiger charge is -2.55. The van der Waals surface area contributed by atoms with E-state index in [0.717, 1.165) is 16.7 Å². The molecule has 0 aromatic carbocycles. The number of carbonyl (C=O) groups excluding carboxylic acids is 2. The molecule has 1 fully saturated rings. The maximum absolute atomic E-state index is 13.1. The highest BCUT2D eigenvalue weighted by Gasteiger charge is 2.66. The number of nitrogens with zero attached hydrogens (tertiary/aromatic N) is 9. The average molecular weight is 515 g/mol. The monoisotopic (exact) mass is 514 g/mol. The molecule has 2 aliphatic heterocycles. The number of aryl methyl sites for hydroxylation is 2. The molecule has 0 bridgehead atoms. The fraction of sp³-hybridized carbons (Fsp3) is 0.533. The molecule has 0 saturated carbocycles. The van der Waals surface area contributed by atoms with Crippen molar-refractivity contribution in [2.75, 3.05) is 24.4 Å². The van der Waals surface area contributed by atoms with E-state index in [4.69, 9.17) is 4.74 Å². The largest absolute Gasteiger partial charge is 0.477 e. The molecule has 2 unspecified atom stereocenters. The number of carbonyl (C=O) groups is 3. The van der Waals surface area contributed by atoms with E-state index in [9.17, 15) is 19.5 Å². The van der Waals surface area contributed by atoms with E-state index in [1.54, 1.807) is 14.1 Å². The lowest BCUT2D eigenvalue weighted by Crippen LogP contribution is -2.80. The molecule has 18 heteroatoms. The molecule has 4 rings (SSSR count). The van der Waals surface area contributed by atoms with E-state index in [2.05, 4.69) is 36.4 Å². The van der Waals surface area contributed by atoms with Crippen molar-refractivity contribution in [1.29, 1.82) is 0 Å². The van der Waals surface area contributed by atoms with E-state index in [-0.39, 0.29) is 17.2 Å². The predicted octanol–water partition coefficient (Wildman–Crippen LogP) is -1.67. The zero-order valence-electron chi connectivity index (χ0n) is 17.5. The van der Waals surface area contributed by atoms with Crippen molar-refractivity contribution in [2.24, 2.45) is 14.1 Å². The summed E-state index contributed by atoms with van der Waals surface area (Å²) in [7, 11) is 4.61. The summed E-state index contributed by atoms with van der Waals surface area (Å²) in [6, 6.07) is 0. The van der Waals surface area contributed by atoms with Crippen LogP contribution < -0.4 is 5.32 Å². The highest BCUT2D eigenvalue weighted by molar-refractivity contribution is 8.01. The minimum absolute atomic E-state index is 0.0563. The van der Waals surface area contributed by atoms with Gasteiger partial charge in [0.15, 0.2) is 0 Å². The first-order chi connectivity index (χ1) is 15.8. The smallest absolute Gasteiger partial charge is 0.352 e. The van der Waals surface area contributed by atoms with Crippen LogP contribution >= 0.6 is 35.3 Å². The number of methoxy groups -OCH3 is 1. The summed E-state index contributed by atoms with van der Waals surface area (Å²) in [5, 5.41) is 34.8. The highest BCUT2D eigenvalue weighted by Crippen LogP contribution is 2.47. The standard InChI is InChI=1S/C15H18N10O5S3/c1-23-13(17-19-21-23)32-5-7-4-31-12-15(30-3,11(29)25(12)9(7)10(27)28)16-8(26)6-33-14-18-20-22-24(14)2/h12H,4-6H2,1-3H3,(H,16,26)(H,27,28). The van der Waals surface area contributed by atoms with E-state index in [1.807, 2.05) is 0 Å². The lowest BCUT2D eigenvalue weighted by molar-refractivity contribution is -0.192. The Labute approximate surface area is 199 Å². The third kappa shape index (κ3) is 4.18. The Morgan fingerprint density at radius 2 is 1.85 bits per heavy atom. The van der Waals surface area contributed by atoms with Gasteiger partial charge in [-0.3, -0.25) is 14.5 Å². The van der Waals surface area contributed by atoms with Gasteiger partial charge in [0.1, 0.15) is 11.1 Å². The molecule has 2 atom stereocenters. The molecule has 176 valence electrons. The number of aliphatic carboxylic acids is 1. The van der Waals surface area contributed by atoms with Gasteiger partial charge in [-0.05, 0) is 26.4 Å². The number of ether oxygens (including phenoxy) is 1. The van der Waals surface area contributed by atoms with E-state index in [1.165, 1.54) is 40.0 Å². The van der Waals surface area contributed by atoms with Gasteiger partial charge in [-0.15, -0.1) is 22.0 Å². The molecule has 2 aromatic rings. The number of amides is 2. The van der Waals surface area contributed by atoms with Crippen molar-refractivity contribution in [3.8, 4) is 0 Å². The van der Waals surface area contributed by atoms with Crippen LogP contribution in [0.25, 0.3) is 0 Å². The van der Waals surface area contributed by atoms with E-state index >= 15 is 0 Å². The SMILES string of the molecule is COC1(NC(=O)CSc2nnnn2C)C(=O)N2C(C(=O)O)=C(CSc3nnnn3C)CSC21. The molecule has 2 amide bonds. The Bertz CT molecular complexity index is 1140. The van der Waals surface area contributed by atoms with Crippen molar-refractivity contribution in [3.05, 3.63) is 11.3 Å². The van der Waals surface area contributed by atoms with Gasteiger partial charge in [0, 0.05) is 32.7 Å². The molecule has 15 nitrogen and oxygen atoms in total. The summed E-state index contributed by atoms with van der Waals surface area (Å²) in [6.07, 6.45) is 0. The number of hydrogen-bond donors (Lipinski definition) is 2. The molecule has 0 aliphatic carbocycles. The number of hydrogen-bond acceptors (Lipinski definition) is 13. The molecule has 2 N–H and O–H groups in total. The van der Waals surface area contributed by atoms with E-state index < -0.39 is 28.9 Å². The summed E-state index contributed by atoms with van der Waals surface area (Å²) in [5.74, 6) is -1.81. The van der Waals surface area contributed by atoms with Gasteiger partial charge in [-0.2, -0.15) is 0 Å². The quantitative estimate of drug-likeness (QED) is 0.220. The van der Waals surface area contributed by atoms with Crippen LogP contribution in [0, 0.1) is 0 Å². The highest BCUT2D eigenvalue weighted by atomic mass is 32.2. The second-order valence-corrected chi connectivity index (χ2v) is 9.78. The average Bonchev–Trinajstić information content (AvgIpc) is 3.40. The summed E-state index contributed by atoms with van der Waals surface area (Å²) >= 11 is 3.67. The number of tetrazole rings is 2. The molecule has 2 aromatic heterocycles. The number of rotatable bonds is 9. The van der Waals surface area contributed by atoms with Crippen molar-refractivity contribution in [1.82, 2.24) is 50.6 Å². The van der Waals surface area contributed by atoms with Crippen LogP contribution in [0.1, 0.15) is 0 Å². The van der Waals surface area contributed by atoms with Gasteiger partial charge in [-0.1, -0.05) is 23.5 Å². The summed E-state index contributed by atoms with van der Waals surface area (Å²) in [4.78, 5) is 38.9. The topological polar surface area (TPSA) is 183 Å². The van der Waals surface area contributed by atoms with Crippen LogP contribution in [0.15, 0.2) is 21.6 Å². The minimum atomic E-state index is -1.66. The van der Waals surface area contributed by atoms with Crippen LogP contribution in [-0.2, 0) is 33.2 Å². The van der Waals surface area contributed by atoms with Crippen molar-refractivity contribution < 1.29 is 24.2 Å². The first kappa shape index (κ1) is 23.5. The third-order valence-electron chi connectivity index (χ3n) is 4.83. The second-order valence-electron chi connectivity index (χ2n) is 6.83. The zero-order valence-corrected chi connectivity index (χ0v) is 20.0. The lowest BCUT2D eigenvalue weighted by atomic mass is 9.98. The summed E-state index contributed by atoms with van der Waals surface area (Å²) < 4.78 is 8.32. The van der Waals surface area contributed by atoms with Crippen molar-refractivity contribution in [3.63, 3.8) is 0 Å². The molecule has 0 radical (unpaired) electrons. The molecule has 2 aliphatic rings. The van der Waals surface area contributed by atoms with Gasteiger partial charge >= 0.3 is 5.97 Å². The summed E-state index contributed by atoms with van der Waals surface area (Å²) in [6.45, 7) is 0. The van der Waals surface area contributed by atoms with Gasteiger partial charge < -0.3 is 15.2 Å². The fourth-order valence-electron chi connectivity index (χ4n) is 3.27. The van der Waals surface area contributed by atoms with Crippen LogP contribution in [0.2, 0.25) is 0 Å². The van der Waals surface area contributed by atoms with Gasteiger partial charge in [0.05, 0.1) is 5.75 Å². The van der Waals surface area contributed by atoms with Crippen molar-refractivity contribution in [2.45, 2.75) is 21.4 Å². The summed E-state index contributed by atoms with van der Waals surface area (Å²) in [5.41, 5.74) is -1.23. The van der Waals surface area contributed by atoms with Gasteiger partial charge in [0.25, 0.3) is 11.6 Å². The van der Waals surface area contributed by atoms with Crippen LogP contribution in [0.4, 0.5) is 0 Å². The maximum atomic E-state index is 13.1. The first-order valence-corrected chi connectivity index (χ1v) is 12.3. The normalized spacial score (nSPS) is 22.2. The molecule has 4 heterocycles. The zero-order chi connectivity index (χ0) is 23.8. The van der Waals surface area contributed by atoms with Crippen molar-refractivity contribution >= 4 is 53.1 Å². The number of carboxylic acids is 1. The molecule has 0 spiro atoms. The fourth-order valence-corrected chi connectivity index (χ4v) is 6.34. The third-order valence-corrected chi connectivity index (χ3v) is 8.31. The van der Waals surface area contributed by atoms with Gasteiger partial charge in [-0.25, -0.2) is 14.2 Å². The second kappa shape index (κ2) is 9.27. The van der Waals surface area contributed by atoms with Crippen LogP contribution in [0.5, 0.6) is 0 Å². The Balaban J connectivity index is 1.48. The number of thioether (sulfide) groups is 3. The van der Waals surface area contributed by atoms with Gasteiger partial charge in [0.2, 0.25) is 16.2 Å². The Hall–Kier alpha value is -2.70. The van der Waals surface area contributed by atoms with Crippen LogP contribution in [-0.4, -0.2) is 104 Å². The van der Waals surface area contributed by atoms with E-state index in [0.29, 0.717) is 21.6 Å².